The fraction of sp³-hybridized carbons (Fsp3) is 0.643. The van der Waals surface area contributed by atoms with Gasteiger partial charge in [0.15, 0.2) is 5.96 Å². The summed E-state index contributed by atoms with van der Waals surface area (Å²) in [7, 11) is 0. The van der Waals surface area contributed by atoms with Gasteiger partial charge in [-0.3, -0.25) is 9.79 Å². The summed E-state index contributed by atoms with van der Waals surface area (Å²) in [6, 6.07) is -0.932. The molecule has 0 saturated carbocycles. The first-order chi connectivity index (χ1) is 10.3. The van der Waals surface area contributed by atoms with Gasteiger partial charge in [0.05, 0.1) is 5.76 Å². The highest BCUT2D eigenvalue weighted by Crippen LogP contribution is 2.07. The number of nitrogens with two attached hydrogens (primary N) is 2. The smallest absolute Gasteiger partial charge is 0.326 e. The van der Waals surface area contributed by atoms with E-state index in [0.29, 0.717) is 25.8 Å². The lowest BCUT2D eigenvalue weighted by Gasteiger charge is -2.14. The molecule has 0 aromatic heterocycles. The van der Waals surface area contributed by atoms with E-state index >= 15 is 0 Å². The Morgan fingerprint density at radius 3 is 2.27 bits per heavy atom. The second-order valence-electron chi connectivity index (χ2n) is 5.03. The molecule has 0 fully saturated rings. The quantitative estimate of drug-likeness (QED) is 0.154. The zero-order chi connectivity index (χ0) is 17.0. The van der Waals surface area contributed by atoms with Crippen LogP contribution in [-0.2, 0) is 9.59 Å². The number of amides is 1. The Hall–Kier alpha value is -2.25. The number of nitrogens with one attached hydrogen (secondary N) is 1. The van der Waals surface area contributed by atoms with Crippen molar-refractivity contribution in [2.24, 2.45) is 16.5 Å². The van der Waals surface area contributed by atoms with Crippen LogP contribution in [0.5, 0.6) is 0 Å². The number of aliphatic carboxylic acids is 1. The van der Waals surface area contributed by atoms with Crippen molar-refractivity contribution in [3.05, 3.63) is 12.3 Å². The molecule has 0 aliphatic carbocycles. The summed E-state index contributed by atoms with van der Waals surface area (Å²) in [6.45, 7) is 3.71. The summed E-state index contributed by atoms with van der Waals surface area (Å²) in [5, 5.41) is 20.5. The van der Waals surface area contributed by atoms with Gasteiger partial charge in [-0.15, -0.1) is 0 Å². The van der Waals surface area contributed by atoms with Gasteiger partial charge in [-0.2, -0.15) is 0 Å². The fourth-order valence-electron chi connectivity index (χ4n) is 1.82. The largest absolute Gasteiger partial charge is 0.513 e. The van der Waals surface area contributed by atoms with E-state index in [1.807, 2.05) is 0 Å². The number of aliphatic hydroxyl groups is 1. The molecule has 0 aromatic carbocycles. The zero-order valence-electron chi connectivity index (χ0n) is 12.8. The van der Waals surface area contributed by atoms with Crippen molar-refractivity contribution >= 4 is 17.8 Å². The Morgan fingerprint density at radius 1 is 1.09 bits per heavy atom. The summed E-state index contributed by atoms with van der Waals surface area (Å²) in [4.78, 5) is 26.5. The van der Waals surface area contributed by atoms with Crippen LogP contribution >= 0.6 is 0 Å². The number of hydrogen-bond donors (Lipinski definition) is 5. The average molecular weight is 314 g/mol. The number of carboxylic acid groups (broad SMARTS) is 1. The number of aliphatic hydroxyl groups excluding tert-OH is 1. The molecule has 0 aromatic rings. The van der Waals surface area contributed by atoms with Gasteiger partial charge in [-0.05, 0) is 25.7 Å². The van der Waals surface area contributed by atoms with Gasteiger partial charge < -0.3 is 27.0 Å². The molecule has 0 heterocycles. The molecule has 0 radical (unpaired) electrons. The first kappa shape index (κ1) is 19.8. The topological polar surface area (TPSA) is 151 Å². The van der Waals surface area contributed by atoms with Gasteiger partial charge in [-0.25, -0.2) is 4.79 Å². The summed E-state index contributed by atoms with van der Waals surface area (Å²) >= 11 is 0. The average Bonchev–Trinajstić information content (AvgIpc) is 2.40. The monoisotopic (exact) mass is 314 g/mol. The maximum absolute atomic E-state index is 11.7. The lowest BCUT2D eigenvalue weighted by atomic mass is 10.1. The zero-order valence-corrected chi connectivity index (χ0v) is 12.8. The van der Waals surface area contributed by atoms with Crippen molar-refractivity contribution in [1.29, 1.82) is 0 Å². The molecule has 0 saturated heterocycles. The number of carbonyl (C=O) groups is 2. The van der Waals surface area contributed by atoms with Crippen LogP contribution in [0.1, 0.15) is 44.9 Å². The number of carbonyl (C=O) groups excluding carboxylic acids is 1. The Morgan fingerprint density at radius 2 is 1.73 bits per heavy atom. The van der Waals surface area contributed by atoms with E-state index in [2.05, 4.69) is 16.9 Å². The van der Waals surface area contributed by atoms with Crippen LogP contribution in [0.2, 0.25) is 0 Å². The summed E-state index contributed by atoms with van der Waals surface area (Å²) in [5.74, 6) is -1.27. The molecule has 22 heavy (non-hydrogen) atoms. The highest BCUT2D eigenvalue weighted by molar-refractivity contribution is 5.83. The van der Waals surface area contributed by atoms with E-state index in [1.165, 1.54) is 0 Å². The molecule has 0 spiro atoms. The van der Waals surface area contributed by atoms with Crippen LogP contribution in [0.25, 0.3) is 0 Å². The Kier molecular flexibility index (Phi) is 10.2. The normalized spacial score (nSPS) is 11.5. The molecule has 0 rings (SSSR count). The van der Waals surface area contributed by atoms with Crippen molar-refractivity contribution in [1.82, 2.24) is 5.32 Å². The van der Waals surface area contributed by atoms with Crippen molar-refractivity contribution in [3.8, 4) is 0 Å². The van der Waals surface area contributed by atoms with Gasteiger partial charge in [0, 0.05) is 19.4 Å². The minimum atomic E-state index is -1.07. The van der Waals surface area contributed by atoms with E-state index in [1.54, 1.807) is 0 Å². The third-order valence-electron chi connectivity index (χ3n) is 2.95. The molecule has 8 heteroatoms. The predicted molar refractivity (Wildman–Crippen MR) is 84.3 cm³/mol. The van der Waals surface area contributed by atoms with Crippen molar-refractivity contribution < 1.29 is 19.8 Å². The number of unbranched alkanes of at least 4 members (excludes halogenated alkanes) is 2. The van der Waals surface area contributed by atoms with E-state index in [4.69, 9.17) is 21.7 Å². The standard InChI is InChI=1S/C14H26N4O4/c1-10(19)6-3-2-4-8-12(20)18-11(13(21)22)7-5-9-17-14(15)16/h11,19H,1-9H2,(H,18,20)(H,21,22)(H4,15,16,17). The lowest BCUT2D eigenvalue weighted by molar-refractivity contribution is -0.142. The second kappa shape index (κ2) is 11.4. The minimum Gasteiger partial charge on any atom is -0.513 e. The molecule has 8 nitrogen and oxygen atoms in total. The van der Waals surface area contributed by atoms with Gasteiger partial charge in [-0.1, -0.05) is 13.0 Å². The molecule has 1 atom stereocenters. The Balaban J connectivity index is 3.96. The molecule has 1 unspecified atom stereocenters. The van der Waals surface area contributed by atoms with Gasteiger partial charge in [0.2, 0.25) is 5.91 Å². The Bertz CT molecular complexity index is 406. The summed E-state index contributed by atoms with van der Waals surface area (Å²) in [5.41, 5.74) is 10.3. The third kappa shape index (κ3) is 11.6. The van der Waals surface area contributed by atoms with Crippen LogP contribution < -0.4 is 16.8 Å². The summed E-state index contributed by atoms with van der Waals surface area (Å²) in [6.07, 6.45) is 3.67. The van der Waals surface area contributed by atoms with E-state index in [9.17, 15) is 9.59 Å². The van der Waals surface area contributed by atoms with E-state index in [0.717, 1.165) is 12.8 Å². The first-order valence-corrected chi connectivity index (χ1v) is 7.27. The molecule has 1 amide bonds. The highest BCUT2D eigenvalue weighted by Gasteiger charge is 2.18. The number of hydrogen-bond acceptors (Lipinski definition) is 4. The second-order valence-corrected chi connectivity index (χ2v) is 5.03. The van der Waals surface area contributed by atoms with Crippen LogP contribution in [0.15, 0.2) is 17.3 Å². The first-order valence-electron chi connectivity index (χ1n) is 7.27. The number of allylic oxidation sites excluding steroid dienone is 1. The fourth-order valence-corrected chi connectivity index (χ4v) is 1.82. The van der Waals surface area contributed by atoms with Crippen LogP contribution in [0.3, 0.4) is 0 Å². The maximum atomic E-state index is 11.7. The van der Waals surface area contributed by atoms with Crippen molar-refractivity contribution in [2.45, 2.75) is 51.0 Å². The van der Waals surface area contributed by atoms with Crippen molar-refractivity contribution in [2.75, 3.05) is 6.54 Å². The van der Waals surface area contributed by atoms with Crippen molar-refractivity contribution in [3.63, 3.8) is 0 Å². The van der Waals surface area contributed by atoms with Crippen LogP contribution in [0, 0.1) is 0 Å². The Labute approximate surface area is 130 Å². The SMILES string of the molecule is C=C(O)CCCCCC(=O)NC(CCCN=C(N)N)C(=O)O. The molecule has 0 aliphatic rings. The lowest BCUT2D eigenvalue weighted by Crippen LogP contribution is -2.40. The molecule has 126 valence electrons. The molecule has 0 bridgehead atoms. The van der Waals surface area contributed by atoms with Gasteiger partial charge >= 0.3 is 5.97 Å². The summed E-state index contributed by atoms with van der Waals surface area (Å²) < 4.78 is 0. The van der Waals surface area contributed by atoms with E-state index < -0.39 is 12.0 Å². The number of carboxylic acids is 1. The van der Waals surface area contributed by atoms with Crippen LogP contribution in [-0.4, -0.2) is 40.6 Å². The minimum absolute atomic E-state index is 0.0403. The van der Waals surface area contributed by atoms with Gasteiger partial charge in [0.25, 0.3) is 0 Å². The number of nitrogens with zero attached hydrogens (tertiary/aromatic N) is 1. The molecule has 0 aliphatic heterocycles. The maximum Gasteiger partial charge on any atom is 0.326 e. The predicted octanol–water partition coefficient (Wildman–Crippen LogP) is 0.632. The number of aliphatic imine (C=N–C) groups is 1. The highest BCUT2D eigenvalue weighted by atomic mass is 16.4. The number of rotatable bonds is 12. The van der Waals surface area contributed by atoms with E-state index in [-0.39, 0.29) is 30.5 Å². The third-order valence-corrected chi connectivity index (χ3v) is 2.95. The molecular formula is C14H26N4O4. The molecule has 7 N–H and O–H groups in total. The van der Waals surface area contributed by atoms with Gasteiger partial charge in [0.1, 0.15) is 6.04 Å². The van der Waals surface area contributed by atoms with Crippen LogP contribution in [0.4, 0.5) is 0 Å². The molecular weight excluding hydrogens is 288 g/mol. The number of guanidine groups is 1.